The molecular formula is C26H21N3O4S. The first-order valence-corrected chi connectivity index (χ1v) is 11.5. The van der Waals surface area contributed by atoms with Crippen molar-refractivity contribution in [2.45, 2.75) is 18.8 Å². The highest BCUT2D eigenvalue weighted by Gasteiger charge is 2.38. The largest absolute Gasteiger partial charge is 0.478 e. The summed E-state index contributed by atoms with van der Waals surface area (Å²) in [5, 5.41) is 25.6. The molecule has 7 nitrogen and oxygen atoms in total. The number of hydrogen-bond acceptors (Lipinski definition) is 6. The van der Waals surface area contributed by atoms with E-state index in [4.69, 9.17) is 5.11 Å². The predicted molar refractivity (Wildman–Crippen MR) is 129 cm³/mol. The van der Waals surface area contributed by atoms with Gasteiger partial charge in [0.2, 0.25) is 5.91 Å². The molecule has 34 heavy (non-hydrogen) atoms. The first-order valence-electron chi connectivity index (χ1n) is 10.7. The Labute approximate surface area is 200 Å². The molecule has 8 heteroatoms. The fourth-order valence-electron chi connectivity index (χ4n) is 4.25. The lowest BCUT2D eigenvalue weighted by Gasteiger charge is -2.29. The van der Waals surface area contributed by atoms with E-state index in [9.17, 15) is 14.7 Å². The molecule has 1 unspecified atom stereocenters. The van der Waals surface area contributed by atoms with E-state index in [-0.39, 0.29) is 11.5 Å². The van der Waals surface area contributed by atoms with Crippen molar-refractivity contribution in [3.63, 3.8) is 0 Å². The lowest BCUT2D eigenvalue weighted by Crippen LogP contribution is -2.36. The predicted octanol–water partition coefficient (Wildman–Crippen LogP) is 4.69. The van der Waals surface area contributed by atoms with E-state index in [0.29, 0.717) is 11.7 Å². The average molecular weight is 472 g/mol. The number of anilines is 1. The summed E-state index contributed by atoms with van der Waals surface area (Å²) in [7, 11) is 0. The Balaban J connectivity index is 1.46. The van der Waals surface area contributed by atoms with Crippen LogP contribution in [0.5, 0.6) is 0 Å². The lowest BCUT2D eigenvalue weighted by molar-refractivity contribution is -0.126. The number of rotatable bonds is 6. The van der Waals surface area contributed by atoms with Gasteiger partial charge in [-0.2, -0.15) is 0 Å². The first-order chi connectivity index (χ1) is 16.5. The van der Waals surface area contributed by atoms with E-state index in [1.165, 1.54) is 11.3 Å². The number of amides is 1. The Hall–Kier alpha value is -3.85. The summed E-state index contributed by atoms with van der Waals surface area (Å²) in [4.78, 5) is 30.4. The molecule has 0 bridgehead atoms. The van der Waals surface area contributed by atoms with Gasteiger partial charge in [0, 0.05) is 23.7 Å². The number of aliphatic hydroxyl groups excluding tert-OH is 1. The number of carbonyl (C=O) groups excluding carboxylic acids is 1. The van der Waals surface area contributed by atoms with Crippen LogP contribution < -0.4 is 5.32 Å². The second kappa shape index (κ2) is 9.18. The number of fused-ring (bicyclic) bond motifs is 1. The summed E-state index contributed by atoms with van der Waals surface area (Å²) in [6.45, 7) is 0.402. The number of thiazole rings is 1. The Morgan fingerprint density at radius 1 is 1.03 bits per heavy atom. The van der Waals surface area contributed by atoms with Crippen LogP contribution >= 0.6 is 11.3 Å². The molecule has 1 aliphatic rings. The van der Waals surface area contributed by atoms with Crippen molar-refractivity contribution in [3.8, 4) is 11.1 Å². The maximum atomic E-state index is 13.3. The van der Waals surface area contributed by atoms with E-state index in [1.807, 2.05) is 48.5 Å². The molecular weight excluding hydrogens is 450 g/mol. The fourth-order valence-corrected chi connectivity index (χ4v) is 4.78. The summed E-state index contributed by atoms with van der Waals surface area (Å²) in [6, 6.07) is 21.0. The number of benzene rings is 3. The van der Waals surface area contributed by atoms with Crippen molar-refractivity contribution in [3.05, 3.63) is 107 Å². The van der Waals surface area contributed by atoms with Crippen LogP contribution in [0.4, 0.5) is 5.13 Å². The van der Waals surface area contributed by atoms with Crippen molar-refractivity contribution in [2.24, 2.45) is 0 Å². The zero-order valence-corrected chi connectivity index (χ0v) is 18.8. The molecule has 1 aromatic heterocycles. The number of carboxylic acids is 1. The third-order valence-corrected chi connectivity index (χ3v) is 6.60. The van der Waals surface area contributed by atoms with Gasteiger partial charge in [0.25, 0.3) is 0 Å². The average Bonchev–Trinajstić information content (AvgIpc) is 3.48. The van der Waals surface area contributed by atoms with Gasteiger partial charge in [-0.3, -0.25) is 9.69 Å². The smallest absolute Gasteiger partial charge is 0.335 e. The number of hydrogen-bond donors (Lipinski definition) is 3. The molecule has 4 aromatic rings. The second-order valence-corrected chi connectivity index (χ2v) is 8.88. The third-order valence-electron chi connectivity index (χ3n) is 5.91. The van der Waals surface area contributed by atoms with Gasteiger partial charge in [-0.15, -0.1) is 11.3 Å². The van der Waals surface area contributed by atoms with Crippen molar-refractivity contribution in [1.82, 2.24) is 9.88 Å². The van der Waals surface area contributed by atoms with Crippen LogP contribution in [0.1, 0.15) is 39.3 Å². The molecule has 2 atom stereocenters. The van der Waals surface area contributed by atoms with Gasteiger partial charge < -0.3 is 15.5 Å². The molecule has 0 saturated heterocycles. The molecule has 170 valence electrons. The van der Waals surface area contributed by atoms with Gasteiger partial charge in [-0.05, 0) is 40.5 Å². The SMILES string of the molecule is O=C(O)c1ccc(-c2ccc3c(c2)C(O)N([C@@H](C(=O)Nc2nccs2)c2ccccc2)C3)cc1. The number of nitrogens with one attached hydrogen (secondary N) is 1. The van der Waals surface area contributed by atoms with Crippen LogP contribution in [0.25, 0.3) is 11.1 Å². The Morgan fingerprint density at radius 3 is 2.44 bits per heavy atom. The number of carbonyl (C=O) groups is 2. The third kappa shape index (κ3) is 4.22. The van der Waals surface area contributed by atoms with Gasteiger partial charge in [0.15, 0.2) is 5.13 Å². The summed E-state index contributed by atoms with van der Waals surface area (Å²) in [6.07, 6.45) is 0.642. The van der Waals surface area contributed by atoms with Gasteiger partial charge in [0.1, 0.15) is 12.3 Å². The van der Waals surface area contributed by atoms with E-state index in [1.54, 1.807) is 40.7 Å². The molecule has 1 aliphatic heterocycles. The van der Waals surface area contributed by atoms with Crippen molar-refractivity contribution in [2.75, 3.05) is 5.32 Å². The zero-order valence-electron chi connectivity index (χ0n) is 18.0. The molecule has 0 saturated carbocycles. The van der Waals surface area contributed by atoms with E-state index >= 15 is 0 Å². The first kappa shape index (κ1) is 22.0. The van der Waals surface area contributed by atoms with E-state index in [2.05, 4.69) is 10.3 Å². The zero-order chi connectivity index (χ0) is 23.7. The normalized spacial score (nSPS) is 16.1. The fraction of sp³-hybridized carbons (Fsp3) is 0.115. The highest BCUT2D eigenvalue weighted by molar-refractivity contribution is 7.13. The van der Waals surface area contributed by atoms with E-state index < -0.39 is 18.2 Å². The van der Waals surface area contributed by atoms with Crippen LogP contribution in [-0.2, 0) is 11.3 Å². The molecule has 0 spiro atoms. The molecule has 3 aromatic carbocycles. The van der Waals surface area contributed by atoms with Gasteiger partial charge >= 0.3 is 5.97 Å². The molecule has 0 fully saturated rings. The monoisotopic (exact) mass is 471 g/mol. The maximum Gasteiger partial charge on any atom is 0.335 e. The standard InChI is InChI=1S/C26H21N3O4S/c30-23(28-26-27-12-13-34-26)22(17-4-2-1-3-5-17)29-15-20-11-10-19(14-21(20)24(29)31)16-6-8-18(9-7-16)25(32)33/h1-14,22,24,31H,15H2,(H,32,33)(H,27,28,30)/t22-,24?/m1/s1. The van der Waals surface area contributed by atoms with Crippen molar-refractivity contribution in [1.29, 1.82) is 0 Å². The van der Waals surface area contributed by atoms with Gasteiger partial charge in [-0.25, -0.2) is 9.78 Å². The summed E-state index contributed by atoms with van der Waals surface area (Å²) < 4.78 is 0. The summed E-state index contributed by atoms with van der Waals surface area (Å²) in [5.41, 5.74) is 4.35. The van der Waals surface area contributed by atoms with Crippen LogP contribution in [-0.4, -0.2) is 32.0 Å². The minimum absolute atomic E-state index is 0.216. The topological polar surface area (TPSA) is 103 Å². The van der Waals surface area contributed by atoms with Crippen LogP contribution in [0.3, 0.4) is 0 Å². The highest BCUT2D eigenvalue weighted by atomic mass is 32.1. The van der Waals surface area contributed by atoms with Gasteiger partial charge in [-0.1, -0.05) is 54.6 Å². The van der Waals surface area contributed by atoms with E-state index in [0.717, 1.165) is 27.8 Å². The van der Waals surface area contributed by atoms with Gasteiger partial charge in [0.05, 0.1) is 5.56 Å². The highest BCUT2D eigenvalue weighted by Crippen LogP contribution is 2.40. The molecule has 2 heterocycles. The number of aliphatic hydroxyl groups is 1. The molecule has 5 rings (SSSR count). The van der Waals surface area contributed by atoms with Crippen molar-refractivity contribution >= 4 is 28.3 Å². The number of nitrogens with zero attached hydrogens (tertiary/aromatic N) is 2. The minimum atomic E-state index is -0.986. The lowest BCUT2D eigenvalue weighted by atomic mass is 9.99. The minimum Gasteiger partial charge on any atom is -0.478 e. The molecule has 0 aliphatic carbocycles. The summed E-state index contributed by atoms with van der Waals surface area (Å²) >= 11 is 1.34. The van der Waals surface area contributed by atoms with Crippen LogP contribution in [0.2, 0.25) is 0 Å². The summed E-state index contributed by atoms with van der Waals surface area (Å²) in [5.74, 6) is -1.24. The number of aromatic carboxylic acids is 1. The van der Waals surface area contributed by atoms with Crippen molar-refractivity contribution < 1.29 is 19.8 Å². The van der Waals surface area contributed by atoms with Crippen LogP contribution in [0.15, 0.2) is 84.4 Å². The Bertz CT molecular complexity index is 1320. The Morgan fingerprint density at radius 2 is 1.76 bits per heavy atom. The quantitative estimate of drug-likeness (QED) is 0.377. The Kier molecular flexibility index (Phi) is 5.93. The number of aromatic nitrogens is 1. The molecule has 1 amide bonds. The van der Waals surface area contributed by atoms with Crippen LogP contribution in [0, 0.1) is 0 Å². The molecule has 3 N–H and O–H groups in total. The molecule has 0 radical (unpaired) electrons. The maximum absolute atomic E-state index is 13.3. The second-order valence-electron chi connectivity index (χ2n) is 7.98. The number of carboxylic acid groups (broad SMARTS) is 1.